The van der Waals surface area contributed by atoms with Crippen molar-refractivity contribution in [3.63, 3.8) is 0 Å². The Morgan fingerprint density at radius 2 is 2.03 bits per heavy atom. The lowest BCUT2D eigenvalue weighted by atomic mass is 10.00. The van der Waals surface area contributed by atoms with Crippen LogP contribution in [0, 0.1) is 5.82 Å². The van der Waals surface area contributed by atoms with Gasteiger partial charge in [0.25, 0.3) is 5.91 Å². The van der Waals surface area contributed by atoms with Crippen molar-refractivity contribution in [2.45, 2.75) is 19.1 Å². The Morgan fingerprint density at radius 3 is 2.86 bits per heavy atom. The second-order valence-electron chi connectivity index (χ2n) is 7.27. The highest BCUT2D eigenvalue weighted by molar-refractivity contribution is 5.93. The SMILES string of the molecule is O=C(NCC(O)CN1CCc2ccccc2C1)c1cnn(-c2cccc(F)c2)c1. The minimum Gasteiger partial charge on any atom is -0.390 e. The maximum Gasteiger partial charge on any atom is 0.254 e. The van der Waals surface area contributed by atoms with Crippen molar-refractivity contribution in [2.75, 3.05) is 19.6 Å². The van der Waals surface area contributed by atoms with Gasteiger partial charge in [-0.15, -0.1) is 0 Å². The topological polar surface area (TPSA) is 70.4 Å². The molecule has 0 spiro atoms. The van der Waals surface area contributed by atoms with Gasteiger partial charge in [0.15, 0.2) is 0 Å². The molecule has 0 fully saturated rings. The molecule has 150 valence electrons. The molecule has 2 aromatic carbocycles. The molecule has 2 N–H and O–H groups in total. The van der Waals surface area contributed by atoms with E-state index in [1.165, 1.54) is 40.3 Å². The molecular weight excluding hydrogens is 371 g/mol. The van der Waals surface area contributed by atoms with Gasteiger partial charge in [0.05, 0.1) is 23.6 Å². The van der Waals surface area contributed by atoms with Crippen LogP contribution in [-0.4, -0.2) is 51.4 Å². The summed E-state index contributed by atoms with van der Waals surface area (Å²) in [6, 6.07) is 14.3. The first-order chi connectivity index (χ1) is 14.1. The number of hydrogen-bond acceptors (Lipinski definition) is 4. The summed E-state index contributed by atoms with van der Waals surface area (Å²) in [6.07, 6.45) is 3.27. The molecule has 0 saturated carbocycles. The fourth-order valence-corrected chi connectivity index (χ4v) is 3.59. The molecule has 1 aromatic heterocycles. The van der Waals surface area contributed by atoms with Crippen molar-refractivity contribution in [3.8, 4) is 5.69 Å². The Kier molecular flexibility index (Phi) is 5.69. The third-order valence-electron chi connectivity index (χ3n) is 5.09. The molecule has 6 nitrogen and oxygen atoms in total. The van der Waals surface area contributed by atoms with Gasteiger partial charge >= 0.3 is 0 Å². The number of halogens is 1. The Labute approximate surface area is 168 Å². The third-order valence-corrected chi connectivity index (χ3v) is 5.09. The molecule has 0 radical (unpaired) electrons. The van der Waals surface area contributed by atoms with Gasteiger partial charge in [0, 0.05) is 32.4 Å². The number of aromatic nitrogens is 2. The number of rotatable bonds is 6. The van der Waals surface area contributed by atoms with Crippen molar-refractivity contribution in [2.24, 2.45) is 0 Å². The number of aliphatic hydroxyl groups excluding tert-OH is 1. The van der Waals surface area contributed by atoms with Gasteiger partial charge in [-0.3, -0.25) is 9.69 Å². The lowest BCUT2D eigenvalue weighted by molar-refractivity contribution is 0.0842. The molecule has 1 atom stereocenters. The molecule has 0 bridgehead atoms. The zero-order valence-electron chi connectivity index (χ0n) is 16.0. The van der Waals surface area contributed by atoms with Crippen LogP contribution < -0.4 is 5.32 Å². The molecule has 0 aliphatic carbocycles. The number of hydrogen-bond donors (Lipinski definition) is 2. The Morgan fingerprint density at radius 1 is 1.21 bits per heavy atom. The largest absolute Gasteiger partial charge is 0.390 e. The van der Waals surface area contributed by atoms with Crippen LogP contribution in [0.1, 0.15) is 21.5 Å². The number of nitrogens with one attached hydrogen (secondary N) is 1. The van der Waals surface area contributed by atoms with Crippen LogP contribution in [0.5, 0.6) is 0 Å². The zero-order valence-corrected chi connectivity index (χ0v) is 16.0. The molecule has 29 heavy (non-hydrogen) atoms. The zero-order chi connectivity index (χ0) is 20.2. The second-order valence-corrected chi connectivity index (χ2v) is 7.27. The molecular formula is C22H23FN4O2. The van der Waals surface area contributed by atoms with Crippen molar-refractivity contribution < 1.29 is 14.3 Å². The van der Waals surface area contributed by atoms with Gasteiger partial charge < -0.3 is 10.4 Å². The number of β-amino-alcohol motifs (C(OH)–C–C–N with tert-alkyl or cyclic N) is 1. The molecule has 1 aliphatic heterocycles. The van der Waals surface area contributed by atoms with Crippen LogP contribution >= 0.6 is 0 Å². The van der Waals surface area contributed by atoms with Gasteiger partial charge in [-0.25, -0.2) is 9.07 Å². The van der Waals surface area contributed by atoms with E-state index < -0.39 is 6.10 Å². The lowest BCUT2D eigenvalue weighted by Crippen LogP contribution is -2.42. The van der Waals surface area contributed by atoms with E-state index in [1.54, 1.807) is 12.1 Å². The summed E-state index contributed by atoms with van der Waals surface area (Å²) < 4.78 is 14.8. The number of nitrogens with zero attached hydrogens (tertiary/aromatic N) is 3. The Bertz CT molecular complexity index is 1000. The van der Waals surface area contributed by atoms with E-state index >= 15 is 0 Å². The fraction of sp³-hybridized carbons (Fsp3) is 0.273. The summed E-state index contributed by atoms with van der Waals surface area (Å²) in [6.45, 7) is 2.35. The summed E-state index contributed by atoms with van der Waals surface area (Å²) in [5.74, 6) is -0.692. The van der Waals surface area contributed by atoms with Crippen LogP contribution in [-0.2, 0) is 13.0 Å². The quantitative estimate of drug-likeness (QED) is 0.672. The monoisotopic (exact) mass is 394 g/mol. The smallest absolute Gasteiger partial charge is 0.254 e. The maximum absolute atomic E-state index is 13.4. The van der Waals surface area contributed by atoms with E-state index in [9.17, 15) is 14.3 Å². The van der Waals surface area contributed by atoms with E-state index in [0.717, 1.165) is 19.5 Å². The van der Waals surface area contributed by atoms with Gasteiger partial charge in [-0.2, -0.15) is 5.10 Å². The summed E-state index contributed by atoms with van der Waals surface area (Å²) in [5.41, 5.74) is 3.55. The highest BCUT2D eigenvalue weighted by Gasteiger charge is 2.19. The normalized spacial score (nSPS) is 15.0. The first kappa shape index (κ1) is 19.3. The van der Waals surface area contributed by atoms with Gasteiger partial charge in [0.2, 0.25) is 0 Å². The van der Waals surface area contributed by atoms with E-state index in [-0.39, 0.29) is 18.3 Å². The minimum absolute atomic E-state index is 0.155. The Balaban J connectivity index is 1.29. The number of benzene rings is 2. The summed E-state index contributed by atoms with van der Waals surface area (Å²) in [5, 5.41) is 17.2. The van der Waals surface area contributed by atoms with E-state index in [2.05, 4.69) is 33.5 Å². The molecule has 4 rings (SSSR count). The fourth-order valence-electron chi connectivity index (χ4n) is 3.59. The summed E-state index contributed by atoms with van der Waals surface area (Å²) >= 11 is 0. The predicted octanol–water partition coefficient (Wildman–Crippen LogP) is 2.16. The highest BCUT2D eigenvalue weighted by atomic mass is 19.1. The number of aliphatic hydroxyl groups is 1. The average Bonchev–Trinajstić information content (AvgIpc) is 3.22. The first-order valence-corrected chi connectivity index (χ1v) is 9.64. The van der Waals surface area contributed by atoms with Crippen LogP contribution in [0.3, 0.4) is 0 Å². The van der Waals surface area contributed by atoms with Crippen LogP contribution in [0.2, 0.25) is 0 Å². The van der Waals surface area contributed by atoms with Gasteiger partial charge in [-0.05, 0) is 35.7 Å². The van der Waals surface area contributed by atoms with Gasteiger partial charge in [0.1, 0.15) is 5.82 Å². The number of carbonyl (C=O) groups excluding carboxylic acids is 1. The van der Waals surface area contributed by atoms with Crippen LogP contribution in [0.15, 0.2) is 60.9 Å². The Hall–Kier alpha value is -3.03. The number of amides is 1. The lowest BCUT2D eigenvalue weighted by Gasteiger charge is -2.30. The highest BCUT2D eigenvalue weighted by Crippen LogP contribution is 2.18. The first-order valence-electron chi connectivity index (χ1n) is 9.64. The van der Waals surface area contributed by atoms with E-state index in [0.29, 0.717) is 17.8 Å². The van der Waals surface area contributed by atoms with Crippen molar-refractivity contribution >= 4 is 5.91 Å². The minimum atomic E-state index is -0.664. The molecule has 1 aliphatic rings. The second kappa shape index (κ2) is 8.55. The molecule has 3 aromatic rings. The van der Waals surface area contributed by atoms with Gasteiger partial charge in [-0.1, -0.05) is 30.3 Å². The van der Waals surface area contributed by atoms with E-state index in [4.69, 9.17) is 0 Å². The number of carbonyl (C=O) groups is 1. The standard InChI is InChI=1S/C22H23FN4O2/c23-19-6-3-7-20(10-19)27-14-18(11-25-27)22(29)24-12-21(28)15-26-9-8-16-4-1-2-5-17(16)13-26/h1-7,10-11,14,21,28H,8-9,12-13,15H2,(H,24,29). The average molecular weight is 394 g/mol. The van der Waals surface area contributed by atoms with Crippen LogP contribution in [0.25, 0.3) is 5.69 Å². The molecule has 1 unspecified atom stereocenters. The van der Waals surface area contributed by atoms with Crippen molar-refractivity contribution in [1.29, 1.82) is 0 Å². The molecule has 0 saturated heterocycles. The maximum atomic E-state index is 13.4. The summed E-state index contributed by atoms with van der Waals surface area (Å²) in [4.78, 5) is 14.5. The van der Waals surface area contributed by atoms with E-state index in [1.807, 2.05) is 6.07 Å². The predicted molar refractivity (Wildman–Crippen MR) is 107 cm³/mol. The summed E-state index contributed by atoms with van der Waals surface area (Å²) in [7, 11) is 0. The molecule has 7 heteroatoms. The molecule has 1 amide bonds. The number of fused-ring (bicyclic) bond motifs is 1. The van der Waals surface area contributed by atoms with Crippen molar-refractivity contribution in [3.05, 3.63) is 83.4 Å². The van der Waals surface area contributed by atoms with Crippen molar-refractivity contribution in [1.82, 2.24) is 20.0 Å². The van der Waals surface area contributed by atoms with Crippen LogP contribution in [0.4, 0.5) is 4.39 Å². The molecule has 2 heterocycles. The third kappa shape index (κ3) is 4.70.